The summed E-state index contributed by atoms with van der Waals surface area (Å²) in [6, 6.07) is 8.36. The van der Waals surface area contributed by atoms with E-state index in [-0.39, 0.29) is 24.0 Å². The first kappa shape index (κ1) is 15.2. The summed E-state index contributed by atoms with van der Waals surface area (Å²) in [5, 5.41) is 3.30. The second-order valence-electron chi connectivity index (χ2n) is 3.72. The van der Waals surface area contributed by atoms with Gasteiger partial charge in [0, 0.05) is 27.7 Å². The lowest BCUT2D eigenvalue weighted by Crippen LogP contribution is -2.35. The van der Waals surface area contributed by atoms with E-state index in [0.29, 0.717) is 0 Å². The van der Waals surface area contributed by atoms with E-state index in [0.717, 1.165) is 12.5 Å². The third-order valence-electron chi connectivity index (χ3n) is 2.33. The largest absolute Gasteiger partial charge is 0.352 e. The van der Waals surface area contributed by atoms with E-state index in [4.69, 9.17) is 0 Å². The number of aryl methyl sites for hydroxylation is 1. The molecule has 0 bridgehead atoms. The van der Waals surface area contributed by atoms with Crippen molar-refractivity contribution in [3.63, 3.8) is 0 Å². The van der Waals surface area contributed by atoms with E-state index in [1.54, 1.807) is 7.05 Å². The molecule has 0 radical (unpaired) electrons. The number of benzene rings is 1. The van der Waals surface area contributed by atoms with E-state index in [1.165, 1.54) is 11.1 Å². The molecule has 0 saturated heterocycles. The highest BCUT2D eigenvalue weighted by Gasteiger charge is 2.01. The van der Waals surface area contributed by atoms with Gasteiger partial charge in [-0.15, -0.1) is 24.0 Å². The second-order valence-corrected chi connectivity index (χ2v) is 3.72. The van der Waals surface area contributed by atoms with Crippen LogP contribution in [0.15, 0.2) is 29.3 Å². The minimum Gasteiger partial charge on any atom is -0.352 e. The van der Waals surface area contributed by atoms with Gasteiger partial charge >= 0.3 is 0 Å². The first-order valence-corrected chi connectivity index (χ1v) is 5.07. The third kappa shape index (κ3) is 4.38. The van der Waals surface area contributed by atoms with E-state index >= 15 is 0 Å². The summed E-state index contributed by atoms with van der Waals surface area (Å²) in [6.07, 6.45) is 0. The summed E-state index contributed by atoms with van der Waals surface area (Å²) in [4.78, 5) is 6.13. The molecular weight excluding hydrogens is 313 g/mol. The van der Waals surface area contributed by atoms with Gasteiger partial charge in [0.25, 0.3) is 0 Å². The van der Waals surface area contributed by atoms with Crippen LogP contribution >= 0.6 is 24.0 Å². The van der Waals surface area contributed by atoms with Gasteiger partial charge in [0.2, 0.25) is 0 Å². The Bertz CT molecular complexity index is 348. The van der Waals surface area contributed by atoms with Gasteiger partial charge in [0.15, 0.2) is 5.96 Å². The third-order valence-corrected chi connectivity index (χ3v) is 2.33. The Morgan fingerprint density at radius 1 is 1.31 bits per heavy atom. The maximum absolute atomic E-state index is 4.16. The monoisotopic (exact) mass is 333 g/mol. The zero-order valence-electron chi connectivity index (χ0n) is 10.3. The number of nitrogens with one attached hydrogen (secondary N) is 1. The fourth-order valence-electron chi connectivity index (χ4n) is 1.42. The van der Waals surface area contributed by atoms with Crippen LogP contribution in [0.4, 0.5) is 0 Å². The molecule has 1 aromatic rings. The number of hydrogen-bond acceptors (Lipinski definition) is 1. The topological polar surface area (TPSA) is 27.6 Å². The number of halogens is 1. The number of rotatable bonds is 2. The fraction of sp³-hybridized carbons (Fsp3) is 0.417. The number of nitrogens with zero attached hydrogens (tertiary/aromatic N) is 2. The van der Waals surface area contributed by atoms with Crippen molar-refractivity contribution in [3.8, 4) is 0 Å². The Balaban J connectivity index is 0.00000225. The molecule has 0 aliphatic rings. The molecule has 3 nitrogen and oxygen atoms in total. The Kier molecular flexibility index (Phi) is 7.12. The highest BCUT2D eigenvalue weighted by Crippen LogP contribution is 2.05. The molecule has 0 aliphatic carbocycles. The van der Waals surface area contributed by atoms with Crippen molar-refractivity contribution in [2.24, 2.45) is 4.99 Å². The van der Waals surface area contributed by atoms with E-state index < -0.39 is 0 Å². The molecule has 0 unspecified atom stereocenters. The van der Waals surface area contributed by atoms with Gasteiger partial charge < -0.3 is 10.2 Å². The van der Waals surface area contributed by atoms with E-state index in [2.05, 4.69) is 41.5 Å². The lowest BCUT2D eigenvalue weighted by molar-refractivity contribution is 0.582. The van der Waals surface area contributed by atoms with Crippen molar-refractivity contribution >= 4 is 29.9 Å². The molecule has 1 N–H and O–H groups in total. The van der Waals surface area contributed by atoms with E-state index in [1.807, 2.05) is 19.0 Å². The van der Waals surface area contributed by atoms with Crippen molar-refractivity contribution < 1.29 is 0 Å². The average Bonchev–Trinajstić information content (AvgIpc) is 2.21. The summed E-state index contributed by atoms with van der Waals surface area (Å²) < 4.78 is 0. The molecule has 1 aromatic carbocycles. The van der Waals surface area contributed by atoms with Gasteiger partial charge in [-0.25, -0.2) is 0 Å². The summed E-state index contributed by atoms with van der Waals surface area (Å²) in [5.41, 5.74) is 2.61. The lowest BCUT2D eigenvalue weighted by atomic mass is 10.1. The fourth-order valence-corrected chi connectivity index (χ4v) is 1.42. The van der Waals surface area contributed by atoms with Crippen LogP contribution < -0.4 is 5.32 Å². The molecule has 0 amide bonds. The van der Waals surface area contributed by atoms with Crippen molar-refractivity contribution in [3.05, 3.63) is 35.4 Å². The van der Waals surface area contributed by atoms with Crippen molar-refractivity contribution in [2.75, 3.05) is 21.1 Å². The molecule has 0 heterocycles. The first-order valence-electron chi connectivity index (χ1n) is 5.07. The first-order chi connectivity index (χ1) is 7.15. The van der Waals surface area contributed by atoms with Crippen molar-refractivity contribution in [1.82, 2.24) is 10.2 Å². The molecule has 0 aliphatic heterocycles. The van der Waals surface area contributed by atoms with Crippen LogP contribution in [0, 0.1) is 6.92 Å². The normalized spacial score (nSPS) is 10.6. The number of hydrogen-bond donors (Lipinski definition) is 1. The van der Waals surface area contributed by atoms with Gasteiger partial charge in [0.05, 0.1) is 0 Å². The Hall–Kier alpha value is -0.780. The molecular formula is C12H20IN3. The zero-order chi connectivity index (χ0) is 11.3. The quantitative estimate of drug-likeness (QED) is 0.511. The van der Waals surface area contributed by atoms with Crippen LogP contribution in [0.5, 0.6) is 0 Å². The van der Waals surface area contributed by atoms with E-state index in [9.17, 15) is 0 Å². The summed E-state index contributed by atoms with van der Waals surface area (Å²) in [5.74, 6) is 0.901. The SMILES string of the molecule is CN=C(NCc1ccccc1C)N(C)C.I. The number of aliphatic imine (C=N–C) groups is 1. The average molecular weight is 333 g/mol. The van der Waals surface area contributed by atoms with Crippen LogP contribution in [0.1, 0.15) is 11.1 Å². The smallest absolute Gasteiger partial charge is 0.193 e. The molecule has 16 heavy (non-hydrogen) atoms. The molecule has 4 heteroatoms. The van der Waals surface area contributed by atoms with Gasteiger partial charge in [-0.05, 0) is 18.1 Å². The van der Waals surface area contributed by atoms with Crippen LogP contribution in [-0.4, -0.2) is 32.0 Å². The molecule has 1 rings (SSSR count). The predicted octanol–water partition coefficient (Wildman–Crippen LogP) is 2.25. The molecule has 0 atom stereocenters. The maximum atomic E-state index is 4.16. The van der Waals surface area contributed by atoms with Crippen LogP contribution in [0.3, 0.4) is 0 Å². The van der Waals surface area contributed by atoms with Gasteiger partial charge in [-0.3, -0.25) is 4.99 Å². The Morgan fingerprint density at radius 2 is 1.94 bits per heavy atom. The molecule has 0 saturated carbocycles. The van der Waals surface area contributed by atoms with Crippen LogP contribution in [-0.2, 0) is 6.54 Å². The summed E-state index contributed by atoms with van der Waals surface area (Å²) >= 11 is 0. The summed E-state index contributed by atoms with van der Waals surface area (Å²) in [6.45, 7) is 2.94. The van der Waals surface area contributed by atoms with Crippen molar-refractivity contribution in [1.29, 1.82) is 0 Å². The van der Waals surface area contributed by atoms with Gasteiger partial charge in [-0.2, -0.15) is 0 Å². The zero-order valence-corrected chi connectivity index (χ0v) is 12.6. The van der Waals surface area contributed by atoms with Crippen LogP contribution in [0.2, 0.25) is 0 Å². The van der Waals surface area contributed by atoms with Gasteiger partial charge in [-0.1, -0.05) is 24.3 Å². The molecule has 0 aromatic heterocycles. The Morgan fingerprint density at radius 3 is 2.44 bits per heavy atom. The minimum absolute atomic E-state index is 0. The Labute approximate surface area is 115 Å². The lowest BCUT2D eigenvalue weighted by Gasteiger charge is -2.17. The van der Waals surface area contributed by atoms with Gasteiger partial charge in [0.1, 0.15) is 0 Å². The highest BCUT2D eigenvalue weighted by molar-refractivity contribution is 14.0. The van der Waals surface area contributed by atoms with Crippen LogP contribution in [0.25, 0.3) is 0 Å². The predicted molar refractivity (Wildman–Crippen MR) is 80.5 cm³/mol. The molecule has 90 valence electrons. The standard InChI is InChI=1S/C12H19N3.HI/c1-10-7-5-6-8-11(10)9-14-12(13-2)15(3)4;/h5-8H,9H2,1-4H3,(H,13,14);1H. The number of guanidine groups is 1. The summed E-state index contributed by atoms with van der Waals surface area (Å²) in [7, 11) is 5.75. The van der Waals surface area contributed by atoms with Crippen molar-refractivity contribution in [2.45, 2.75) is 13.5 Å². The minimum atomic E-state index is 0. The maximum Gasteiger partial charge on any atom is 0.193 e. The highest BCUT2D eigenvalue weighted by atomic mass is 127. The molecule has 0 fully saturated rings. The molecule has 0 spiro atoms. The second kappa shape index (κ2) is 7.49.